The van der Waals surface area contributed by atoms with Crippen LogP contribution in [0.2, 0.25) is 5.02 Å². The van der Waals surface area contributed by atoms with Gasteiger partial charge in [-0.3, -0.25) is 14.7 Å². The van der Waals surface area contributed by atoms with Crippen LogP contribution in [0.1, 0.15) is 46.0 Å². The maximum absolute atomic E-state index is 15.0. The molecule has 2 aromatic heterocycles. The number of amides is 3. The number of pyridine rings is 1. The Bertz CT molecular complexity index is 1910. The Kier molecular flexibility index (Phi) is 11.6. The van der Waals surface area contributed by atoms with Crippen LogP contribution in [0.4, 0.5) is 4.79 Å². The minimum absolute atomic E-state index is 0.0636. The molecule has 1 saturated heterocycles. The van der Waals surface area contributed by atoms with Crippen LogP contribution in [-0.4, -0.2) is 79.9 Å². The number of imidazole rings is 1. The van der Waals surface area contributed by atoms with Crippen molar-refractivity contribution in [3.8, 4) is 0 Å². The number of piperazine rings is 1. The van der Waals surface area contributed by atoms with Crippen molar-refractivity contribution < 1.29 is 9.59 Å². The van der Waals surface area contributed by atoms with E-state index in [1.807, 2.05) is 76.5 Å². The molecule has 0 unspecified atom stereocenters. The lowest BCUT2D eigenvalue weighted by Gasteiger charge is -2.45. The molecule has 3 aromatic carbocycles. The van der Waals surface area contributed by atoms with E-state index in [0.29, 0.717) is 50.7 Å². The van der Waals surface area contributed by atoms with Gasteiger partial charge >= 0.3 is 6.03 Å². The average Bonchev–Trinajstić information content (AvgIpc) is 3.63. The minimum atomic E-state index is -0.708. The molecular formula is C41H43BrClN7O2. The zero-order chi connectivity index (χ0) is 35.9. The summed E-state index contributed by atoms with van der Waals surface area (Å²) in [5, 5.41) is 3.84. The van der Waals surface area contributed by atoms with Gasteiger partial charge in [0.05, 0.1) is 18.1 Å². The first-order valence-electron chi connectivity index (χ1n) is 18.0. The lowest BCUT2D eigenvalue weighted by molar-refractivity contribution is -0.139. The highest BCUT2D eigenvalue weighted by Crippen LogP contribution is 2.38. The first kappa shape index (κ1) is 35.9. The fourth-order valence-electron chi connectivity index (χ4n) is 7.48. The maximum Gasteiger partial charge on any atom is 0.318 e. The minimum Gasteiger partial charge on any atom is -0.338 e. The van der Waals surface area contributed by atoms with E-state index in [1.54, 1.807) is 17.4 Å². The van der Waals surface area contributed by atoms with E-state index in [2.05, 4.69) is 61.5 Å². The van der Waals surface area contributed by atoms with Gasteiger partial charge in [0.2, 0.25) is 5.91 Å². The molecule has 1 aliphatic carbocycles. The largest absolute Gasteiger partial charge is 0.338 e. The maximum atomic E-state index is 15.0. The van der Waals surface area contributed by atoms with E-state index < -0.39 is 6.04 Å². The Morgan fingerprint density at radius 2 is 1.71 bits per heavy atom. The molecule has 3 amide bonds. The van der Waals surface area contributed by atoms with E-state index in [4.69, 9.17) is 16.6 Å². The summed E-state index contributed by atoms with van der Waals surface area (Å²) in [4.78, 5) is 44.2. The predicted octanol–water partition coefficient (Wildman–Crippen LogP) is 6.94. The third-order valence-corrected chi connectivity index (χ3v) is 10.7. The second-order valence-corrected chi connectivity index (χ2v) is 14.9. The van der Waals surface area contributed by atoms with Crippen molar-refractivity contribution in [3.05, 3.63) is 153 Å². The standard InChI is InChI=1S/C41H43BrClN7O2/c42-34-24-33-13-12-32-25-35(43)14-15-36(32)39(38(33)46-26-34)48-22-23-50(41(52)45-17-16-30-8-3-1-4-9-30)37(28-48)40(51)49(27-31-10-5-2-6-11-31)20-7-19-47-21-18-44-29-47/h1-6,8-11,14-15,18,21,24-26,29,37,39H,7,12-13,16-17,19-20,22-23,27-28H2,(H,45,52)/t37-,39+/m1/s1. The van der Waals surface area contributed by atoms with Gasteiger partial charge in [0.1, 0.15) is 6.04 Å². The summed E-state index contributed by atoms with van der Waals surface area (Å²) in [6.07, 6.45) is 10.5. The first-order chi connectivity index (χ1) is 25.4. The fourth-order valence-corrected chi connectivity index (χ4v) is 8.05. The van der Waals surface area contributed by atoms with Gasteiger partial charge in [-0.1, -0.05) is 78.3 Å². The molecule has 1 N–H and O–H groups in total. The van der Waals surface area contributed by atoms with Crippen LogP contribution in [0.5, 0.6) is 0 Å². The Hall–Kier alpha value is -4.51. The summed E-state index contributed by atoms with van der Waals surface area (Å²) < 4.78 is 2.96. The number of carbonyl (C=O) groups is 2. The monoisotopic (exact) mass is 779 g/mol. The van der Waals surface area contributed by atoms with Crippen LogP contribution in [0.15, 0.2) is 114 Å². The number of urea groups is 1. The highest BCUT2D eigenvalue weighted by molar-refractivity contribution is 9.10. The van der Waals surface area contributed by atoms with E-state index in [1.165, 1.54) is 11.1 Å². The van der Waals surface area contributed by atoms with Crippen molar-refractivity contribution in [2.75, 3.05) is 32.7 Å². The SMILES string of the molecule is O=C([C@H]1CN([C@H]2c3ccc(Cl)cc3CCc3cc(Br)cnc32)CCN1C(=O)NCCc1ccccc1)N(CCCn1ccnc1)Cc1ccccc1. The predicted molar refractivity (Wildman–Crippen MR) is 207 cm³/mol. The second-order valence-electron chi connectivity index (χ2n) is 13.5. The van der Waals surface area contributed by atoms with Crippen LogP contribution in [0.25, 0.3) is 0 Å². The molecule has 5 aromatic rings. The molecule has 1 aliphatic heterocycles. The van der Waals surface area contributed by atoms with E-state index in [0.717, 1.165) is 52.7 Å². The number of fused-ring (bicyclic) bond motifs is 2. The highest BCUT2D eigenvalue weighted by Gasteiger charge is 2.41. The van der Waals surface area contributed by atoms with Gasteiger partial charge in [-0.2, -0.15) is 0 Å². The molecule has 0 bridgehead atoms. The van der Waals surface area contributed by atoms with Crippen LogP contribution in [-0.2, 0) is 37.1 Å². The number of benzene rings is 3. The summed E-state index contributed by atoms with van der Waals surface area (Å²) in [5.74, 6) is -0.0636. The zero-order valence-electron chi connectivity index (χ0n) is 29.1. The molecule has 3 heterocycles. The van der Waals surface area contributed by atoms with Crippen molar-refractivity contribution in [2.24, 2.45) is 0 Å². The summed E-state index contributed by atoms with van der Waals surface area (Å²) in [6.45, 7) is 3.54. The topological polar surface area (TPSA) is 86.6 Å². The quantitative estimate of drug-likeness (QED) is 0.157. The molecule has 2 atom stereocenters. The molecule has 52 heavy (non-hydrogen) atoms. The smallest absolute Gasteiger partial charge is 0.318 e. The number of aryl methyl sites for hydroxylation is 3. The highest BCUT2D eigenvalue weighted by atomic mass is 79.9. The molecule has 11 heteroatoms. The molecule has 1 fully saturated rings. The van der Waals surface area contributed by atoms with Crippen molar-refractivity contribution in [1.29, 1.82) is 0 Å². The van der Waals surface area contributed by atoms with Crippen LogP contribution >= 0.6 is 27.5 Å². The van der Waals surface area contributed by atoms with Crippen molar-refractivity contribution >= 4 is 39.5 Å². The Morgan fingerprint density at radius 3 is 2.48 bits per heavy atom. The Balaban J connectivity index is 1.20. The lowest BCUT2D eigenvalue weighted by Crippen LogP contribution is -2.63. The van der Waals surface area contributed by atoms with Crippen molar-refractivity contribution in [2.45, 2.75) is 50.9 Å². The summed E-state index contributed by atoms with van der Waals surface area (Å²) in [7, 11) is 0. The van der Waals surface area contributed by atoms with Crippen molar-refractivity contribution in [3.63, 3.8) is 0 Å². The summed E-state index contributed by atoms with van der Waals surface area (Å²) >= 11 is 10.2. The second kappa shape index (κ2) is 16.9. The number of nitrogens with one attached hydrogen (secondary N) is 1. The molecule has 268 valence electrons. The molecule has 2 aliphatic rings. The molecular weight excluding hydrogens is 738 g/mol. The summed E-state index contributed by atoms with van der Waals surface area (Å²) in [5.41, 5.74) is 6.67. The number of halogens is 2. The van der Waals surface area contributed by atoms with Crippen LogP contribution < -0.4 is 5.32 Å². The van der Waals surface area contributed by atoms with E-state index >= 15 is 4.79 Å². The lowest BCUT2D eigenvalue weighted by atomic mass is 9.95. The van der Waals surface area contributed by atoms with E-state index in [9.17, 15) is 4.79 Å². The van der Waals surface area contributed by atoms with Crippen LogP contribution in [0, 0.1) is 0 Å². The number of carbonyl (C=O) groups excluding carboxylic acids is 2. The molecule has 9 nitrogen and oxygen atoms in total. The van der Waals surface area contributed by atoms with Gasteiger partial charge in [0, 0.05) is 73.9 Å². The Morgan fingerprint density at radius 1 is 0.942 bits per heavy atom. The number of rotatable bonds is 11. The van der Waals surface area contributed by atoms with Gasteiger partial charge in [-0.05, 0) is 87.6 Å². The van der Waals surface area contributed by atoms with Gasteiger partial charge in [0.15, 0.2) is 0 Å². The van der Waals surface area contributed by atoms with E-state index in [-0.39, 0.29) is 18.0 Å². The number of aromatic nitrogens is 3. The third-order valence-electron chi connectivity index (χ3n) is 10.1. The fraction of sp³-hybridized carbons (Fsp3) is 0.317. The molecule has 0 saturated carbocycles. The average molecular weight is 781 g/mol. The number of hydrogen-bond donors (Lipinski definition) is 1. The van der Waals surface area contributed by atoms with Gasteiger partial charge in [0.25, 0.3) is 0 Å². The number of nitrogens with zero attached hydrogens (tertiary/aromatic N) is 6. The third kappa shape index (κ3) is 8.57. The number of hydrogen-bond acceptors (Lipinski definition) is 5. The van der Waals surface area contributed by atoms with Crippen molar-refractivity contribution in [1.82, 2.24) is 34.6 Å². The first-order valence-corrected chi connectivity index (χ1v) is 19.1. The molecule has 0 radical (unpaired) electrons. The Labute approximate surface area is 318 Å². The van der Waals surface area contributed by atoms with Gasteiger partial charge in [-0.15, -0.1) is 0 Å². The summed E-state index contributed by atoms with van der Waals surface area (Å²) in [6, 6.07) is 27.3. The van der Waals surface area contributed by atoms with Gasteiger partial charge in [-0.25, -0.2) is 9.78 Å². The van der Waals surface area contributed by atoms with Crippen LogP contribution in [0.3, 0.4) is 0 Å². The molecule has 0 spiro atoms. The molecule has 7 rings (SSSR count). The van der Waals surface area contributed by atoms with Gasteiger partial charge < -0.3 is 19.7 Å². The normalized spacial score (nSPS) is 17.2. The zero-order valence-corrected chi connectivity index (χ0v) is 31.4.